The van der Waals surface area contributed by atoms with Gasteiger partial charge in [0.15, 0.2) is 0 Å². The minimum atomic E-state index is -0.235. The van der Waals surface area contributed by atoms with E-state index in [1.807, 2.05) is 66.7 Å². The lowest BCUT2D eigenvalue weighted by Crippen LogP contribution is -2.30. The fourth-order valence-corrected chi connectivity index (χ4v) is 3.97. The number of nitrogens with one attached hydrogen (secondary N) is 2. The normalized spacial score (nSPS) is 12.1. The second kappa shape index (κ2) is 7.84. The summed E-state index contributed by atoms with van der Waals surface area (Å²) in [5.74, 6) is -0.00934. The number of fused-ring (bicyclic) bond motifs is 2. The number of carbonyl (C=O) groups excluding carboxylic acids is 1. The average Bonchev–Trinajstić information content (AvgIpc) is 3.26. The summed E-state index contributed by atoms with van der Waals surface area (Å²) in [5, 5.41) is 5.51. The lowest BCUT2D eigenvalue weighted by Gasteiger charge is -2.20. The maximum absolute atomic E-state index is 13.1. The summed E-state index contributed by atoms with van der Waals surface area (Å²) in [6, 6.07) is 30.2. The van der Waals surface area contributed by atoms with E-state index in [9.17, 15) is 4.79 Å². The van der Waals surface area contributed by atoms with E-state index >= 15 is 0 Å². The molecule has 0 spiro atoms. The van der Waals surface area contributed by atoms with Crippen molar-refractivity contribution in [1.82, 2.24) is 15.3 Å². The molecule has 146 valence electrons. The van der Waals surface area contributed by atoms with E-state index in [4.69, 9.17) is 0 Å². The van der Waals surface area contributed by atoms with Crippen molar-refractivity contribution in [2.24, 2.45) is 0 Å². The second-order valence-electron chi connectivity index (χ2n) is 7.41. The van der Waals surface area contributed by atoms with Gasteiger partial charge in [-0.2, -0.15) is 0 Å². The molecule has 0 saturated heterocycles. The van der Waals surface area contributed by atoms with E-state index in [1.54, 1.807) is 6.33 Å². The number of aromatic amines is 1. The molecule has 0 radical (unpaired) electrons. The number of nitrogens with zero attached hydrogens (tertiary/aromatic N) is 1. The molecule has 0 bridgehead atoms. The molecule has 4 nitrogen and oxygen atoms in total. The summed E-state index contributed by atoms with van der Waals surface area (Å²) in [5.41, 5.74) is 4.96. The van der Waals surface area contributed by atoms with E-state index < -0.39 is 0 Å². The molecule has 5 rings (SSSR count). The molecule has 1 atom stereocenters. The van der Waals surface area contributed by atoms with Gasteiger partial charge in [0.1, 0.15) is 0 Å². The number of amides is 1. The highest BCUT2D eigenvalue weighted by molar-refractivity contribution is 5.90. The number of hydrogen-bond donors (Lipinski definition) is 2. The van der Waals surface area contributed by atoms with Crippen LogP contribution in [0, 0.1) is 0 Å². The minimum absolute atomic E-state index is 0.00934. The Balaban J connectivity index is 1.46. The van der Waals surface area contributed by atoms with E-state index in [0.29, 0.717) is 6.42 Å². The van der Waals surface area contributed by atoms with E-state index in [1.165, 1.54) is 0 Å². The van der Waals surface area contributed by atoms with Gasteiger partial charge in [-0.1, -0.05) is 78.9 Å². The van der Waals surface area contributed by atoms with E-state index in [0.717, 1.165) is 38.5 Å². The Kier molecular flexibility index (Phi) is 4.74. The van der Waals surface area contributed by atoms with Crippen molar-refractivity contribution in [2.75, 3.05) is 0 Å². The summed E-state index contributed by atoms with van der Waals surface area (Å²) in [6.07, 6.45) is 2.02. The zero-order valence-corrected chi connectivity index (χ0v) is 16.4. The first-order chi connectivity index (χ1) is 14.8. The van der Waals surface area contributed by atoms with Gasteiger partial charge in [0.05, 0.1) is 29.8 Å². The first-order valence-corrected chi connectivity index (χ1v) is 10.0. The van der Waals surface area contributed by atoms with Crippen LogP contribution in [0.2, 0.25) is 0 Å². The standard InChI is InChI=1S/C26H21N3O/c30-25(16-20-11-6-10-18-7-4-5-12-22(18)20)29-26(19-8-2-1-3-9-19)21-13-14-23-24(15-21)28-17-27-23/h1-15,17,26H,16H2,(H,27,28)(H,29,30)/t26-/m1/s1. The third-order valence-corrected chi connectivity index (χ3v) is 5.45. The molecule has 0 aliphatic rings. The molecular formula is C26H21N3O. The summed E-state index contributed by atoms with van der Waals surface area (Å²) in [7, 11) is 0. The predicted octanol–water partition coefficient (Wildman–Crippen LogP) is 5.16. The zero-order chi connectivity index (χ0) is 20.3. The van der Waals surface area contributed by atoms with Crippen LogP contribution >= 0.6 is 0 Å². The predicted molar refractivity (Wildman–Crippen MR) is 120 cm³/mol. The highest BCUT2D eigenvalue weighted by Crippen LogP contribution is 2.25. The van der Waals surface area contributed by atoms with Gasteiger partial charge in [0.2, 0.25) is 5.91 Å². The van der Waals surface area contributed by atoms with Crippen LogP contribution in [-0.4, -0.2) is 15.9 Å². The van der Waals surface area contributed by atoms with Crippen LogP contribution in [0.4, 0.5) is 0 Å². The molecule has 1 amide bonds. The van der Waals surface area contributed by atoms with Crippen LogP contribution in [0.5, 0.6) is 0 Å². The first kappa shape index (κ1) is 18.1. The van der Waals surface area contributed by atoms with Gasteiger partial charge in [-0.3, -0.25) is 4.79 Å². The minimum Gasteiger partial charge on any atom is -0.345 e. The van der Waals surface area contributed by atoms with Crippen LogP contribution in [0.1, 0.15) is 22.7 Å². The van der Waals surface area contributed by atoms with Crippen molar-refractivity contribution >= 4 is 27.7 Å². The largest absolute Gasteiger partial charge is 0.345 e. The third-order valence-electron chi connectivity index (χ3n) is 5.45. The van der Waals surface area contributed by atoms with Gasteiger partial charge in [0, 0.05) is 0 Å². The summed E-state index contributed by atoms with van der Waals surface area (Å²) in [6.45, 7) is 0. The average molecular weight is 391 g/mol. The van der Waals surface area contributed by atoms with Crippen molar-refractivity contribution in [2.45, 2.75) is 12.5 Å². The number of rotatable bonds is 5. The van der Waals surface area contributed by atoms with E-state index in [2.05, 4.69) is 39.6 Å². The first-order valence-electron chi connectivity index (χ1n) is 10.0. The van der Waals surface area contributed by atoms with Crippen LogP contribution in [0.25, 0.3) is 21.8 Å². The van der Waals surface area contributed by atoms with Gasteiger partial charge in [-0.05, 0) is 39.6 Å². The van der Waals surface area contributed by atoms with Crippen LogP contribution in [0.15, 0.2) is 97.3 Å². The van der Waals surface area contributed by atoms with Crippen molar-refractivity contribution in [3.63, 3.8) is 0 Å². The van der Waals surface area contributed by atoms with Crippen molar-refractivity contribution in [3.05, 3.63) is 114 Å². The maximum Gasteiger partial charge on any atom is 0.225 e. The van der Waals surface area contributed by atoms with E-state index in [-0.39, 0.29) is 11.9 Å². The topological polar surface area (TPSA) is 57.8 Å². The van der Waals surface area contributed by atoms with Crippen LogP contribution in [-0.2, 0) is 11.2 Å². The highest BCUT2D eigenvalue weighted by Gasteiger charge is 2.18. The summed E-state index contributed by atoms with van der Waals surface area (Å²) < 4.78 is 0. The number of imidazole rings is 1. The van der Waals surface area contributed by atoms with Gasteiger partial charge in [-0.15, -0.1) is 0 Å². The molecule has 1 aromatic heterocycles. The lowest BCUT2D eigenvalue weighted by atomic mass is 9.97. The van der Waals surface area contributed by atoms with Gasteiger partial charge < -0.3 is 10.3 Å². The van der Waals surface area contributed by atoms with Gasteiger partial charge in [-0.25, -0.2) is 4.98 Å². The lowest BCUT2D eigenvalue weighted by molar-refractivity contribution is -0.120. The number of H-pyrrole nitrogens is 1. The Morgan fingerprint density at radius 3 is 2.57 bits per heavy atom. The maximum atomic E-state index is 13.1. The molecule has 2 N–H and O–H groups in total. The van der Waals surface area contributed by atoms with Crippen molar-refractivity contribution in [1.29, 1.82) is 0 Å². The smallest absolute Gasteiger partial charge is 0.225 e. The molecule has 0 aliphatic carbocycles. The summed E-state index contributed by atoms with van der Waals surface area (Å²) >= 11 is 0. The molecule has 0 aliphatic heterocycles. The van der Waals surface area contributed by atoms with Crippen LogP contribution < -0.4 is 5.32 Å². The van der Waals surface area contributed by atoms with Crippen LogP contribution in [0.3, 0.4) is 0 Å². The number of aromatic nitrogens is 2. The second-order valence-corrected chi connectivity index (χ2v) is 7.41. The Labute approximate surface area is 174 Å². The Morgan fingerprint density at radius 2 is 1.67 bits per heavy atom. The summed E-state index contributed by atoms with van der Waals surface area (Å²) in [4.78, 5) is 20.5. The molecule has 4 heteroatoms. The van der Waals surface area contributed by atoms with Gasteiger partial charge >= 0.3 is 0 Å². The fraction of sp³-hybridized carbons (Fsp3) is 0.0769. The SMILES string of the molecule is O=C(Cc1cccc2ccccc12)N[C@H](c1ccccc1)c1ccc2nc[nH]c2c1. The van der Waals surface area contributed by atoms with Crippen molar-refractivity contribution in [3.8, 4) is 0 Å². The van der Waals surface area contributed by atoms with Crippen molar-refractivity contribution < 1.29 is 4.79 Å². The fourth-order valence-electron chi connectivity index (χ4n) is 3.97. The molecule has 4 aromatic carbocycles. The molecular weight excluding hydrogens is 370 g/mol. The Bertz CT molecular complexity index is 1320. The molecule has 0 saturated carbocycles. The third kappa shape index (κ3) is 3.55. The van der Waals surface area contributed by atoms with Gasteiger partial charge in [0.25, 0.3) is 0 Å². The quantitative estimate of drug-likeness (QED) is 0.434. The number of benzene rings is 4. The Hall–Kier alpha value is -3.92. The monoisotopic (exact) mass is 391 g/mol. The molecule has 0 fully saturated rings. The molecule has 30 heavy (non-hydrogen) atoms. The Morgan fingerprint density at radius 1 is 0.867 bits per heavy atom. The zero-order valence-electron chi connectivity index (χ0n) is 16.4. The number of carbonyl (C=O) groups is 1. The highest BCUT2D eigenvalue weighted by atomic mass is 16.1. The molecule has 1 heterocycles. The molecule has 0 unspecified atom stereocenters. The number of hydrogen-bond acceptors (Lipinski definition) is 2. The molecule has 5 aromatic rings.